The number of carbonyl (C=O) groups excluding carboxylic acids is 2. The van der Waals surface area contributed by atoms with Gasteiger partial charge in [-0.05, 0) is 50.1 Å². The Balaban J connectivity index is 1.94. The molecule has 2 rings (SSSR count). The molecule has 0 bridgehead atoms. The second-order valence-electron chi connectivity index (χ2n) is 5.69. The number of benzene rings is 2. The van der Waals surface area contributed by atoms with E-state index in [1.165, 1.54) is 6.92 Å². The van der Waals surface area contributed by atoms with Crippen LogP contribution in [0.3, 0.4) is 0 Å². The van der Waals surface area contributed by atoms with E-state index in [2.05, 4.69) is 0 Å². The maximum Gasteiger partial charge on any atom is 0.344 e. The Hall–Kier alpha value is -3.13. The Morgan fingerprint density at radius 2 is 1.84 bits per heavy atom. The number of ketones is 1. The van der Waals surface area contributed by atoms with Crippen molar-refractivity contribution >= 4 is 11.8 Å². The molecule has 0 spiro atoms. The van der Waals surface area contributed by atoms with Crippen molar-refractivity contribution in [2.75, 3.05) is 6.61 Å². The lowest BCUT2D eigenvalue weighted by Crippen LogP contribution is -2.27. The third-order valence-electron chi connectivity index (χ3n) is 3.82. The van der Waals surface area contributed by atoms with E-state index in [4.69, 9.17) is 14.7 Å². The largest absolute Gasteiger partial charge is 0.481 e. The average Bonchev–Trinajstić information content (AvgIpc) is 2.61. The van der Waals surface area contributed by atoms with Gasteiger partial charge in [0.2, 0.25) is 5.78 Å². The van der Waals surface area contributed by atoms with Crippen LogP contribution in [0.1, 0.15) is 34.0 Å². The normalized spacial score (nSPS) is 11.3. The van der Waals surface area contributed by atoms with Crippen LogP contribution in [0.4, 0.5) is 0 Å². The summed E-state index contributed by atoms with van der Waals surface area (Å²) in [6.07, 6.45) is -0.913. The zero-order valence-electron chi connectivity index (χ0n) is 14.4. The van der Waals surface area contributed by atoms with Crippen LogP contribution in [0.2, 0.25) is 0 Å². The molecule has 0 saturated carbocycles. The maximum absolute atomic E-state index is 12.4. The van der Waals surface area contributed by atoms with E-state index >= 15 is 0 Å². The van der Waals surface area contributed by atoms with Gasteiger partial charge in [-0.3, -0.25) is 4.79 Å². The van der Waals surface area contributed by atoms with E-state index in [0.29, 0.717) is 16.9 Å². The van der Waals surface area contributed by atoms with Crippen LogP contribution >= 0.6 is 0 Å². The molecule has 128 valence electrons. The SMILES string of the molecule is Cc1ccc(C(=O)[C@@H](C)OC(=O)COc2ccccc2C#N)cc1C. The molecule has 0 radical (unpaired) electrons. The minimum atomic E-state index is -0.913. The molecule has 0 N–H and O–H groups in total. The fourth-order valence-corrected chi connectivity index (χ4v) is 2.24. The van der Waals surface area contributed by atoms with E-state index in [1.807, 2.05) is 26.0 Å². The molecular formula is C20H19NO4. The molecule has 2 aromatic carbocycles. The van der Waals surface area contributed by atoms with Crippen LogP contribution in [0.25, 0.3) is 0 Å². The first-order chi connectivity index (χ1) is 11.9. The van der Waals surface area contributed by atoms with Crippen LogP contribution in [0, 0.1) is 25.2 Å². The number of nitriles is 1. The van der Waals surface area contributed by atoms with Crippen LogP contribution in [0.5, 0.6) is 5.75 Å². The third-order valence-corrected chi connectivity index (χ3v) is 3.82. The van der Waals surface area contributed by atoms with Gasteiger partial charge in [0.05, 0.1) is 5.56 Å². The van der Waals surface area contributed by atoms with Gasteiger partial charge >= 0.3 is 5.97 Å². The molecule has 0 fully saturated rings. The summed E-state index contributed by atoms with van der Waals surface area (Å²) in [5.41, 5.74) is 2.92. The van der Waals surface area contributed by atoms with Crippen LogP contribution in [0.15, 0.2) is 42.5 Å². The highest BCUT2D eigenvalue weighted by Gasteiger charge is 2.20. The Labute approximate surface area is 146 Å². The number of Topliss-reactive ketones (excluding diaryl/α,β-unsaturated/α-hetero) is 1. The topological polar surface area (TPSA) is 76.4 Å². The smallest absolute Gasteiger partial charge is 0.344 e. The first-order valence-electron chi connectivity index (χ1n) is 7.85. The molecule has 5 nitrogen and oxygen atoms in total. The van der Waals surface area contributed by atoms with Crippen molar-refractivity contribution in [2.24, 2.45) is 0 Å². The van der Waals surface area contributed by atoms with Crippen molar-refractivity contribution in [3.63, 3.8) is 0 Å². The van der Waals surface area contributed by atoms with E-state index in [-0.39, 0.29) is 12.4 Å². The zero-order valence-corrected chi connectivity index (χ0v) is 14.4. The van der Waals surface area contributed by atoms with Gasteiger partial charge in [0, 0.05) is 5.56 Å². The summed E-state index contributed by atoms with van der Waals surface area (Å²) in [5, 5.41) is 8.98. The van der Waals surface area contributed by atoms with Gasteiger partial charge in [0.1, 0.15) is 11.8 Å². The summed E-state index contributed by atoms with van der Waals surface area (Å²) < 4.78 is 10.4. The van der Waals surface area contributed by atoms with Crippen molar-refractivity contribution in [2.45, 2.75) is 26.9 Å². The first-order valence-corrected chi connectivity index (χ1v) is 7.85. The molecule has 0 aromatic heterocycles. The molecule has 0 aliphatic carbocycles. The van der Waals surface area contributed by atoms with Crippen LogP contribution in [-0.2, 0) is 9.53 Å². The lowest BCUT2D eigenvalue weighted by atomic mass is 10.0. The number of hydrogen-bond acceptors (Lipinski definition) is 5. The van der Waals surface area contributed by atoms with Crippen molar-refractivity contribution in [3.8, 4) is 11.8 Å². The van der Waals surface area contributed by atoms with Gasteiger partial charge in [-0.2, -0.15) is 5.26 Å². The predicted molar refractivity (Wildman–Crippen MR) is 92.5 cm³/mol. The van der Waals surface area contributed by atoms with Gasteiger partial charge in [-0.15, -0.1) is 0 Å². The van der Waals surface area contributed by atoms with E-state index in [0.717, 1.165) is 11.1 Å². The average molecular weight is 337 g/mol. The lowest BCUT2D eigenvalue weighted by molar-refractivity contribution is -0.148. The molecule has 0 amide bonds. The zero-order chi connectivity index (χ0) is 18.4. The monoisotopic (exact) mass is 337 g/mol. The fraction of sp³-hybridized carbons (Fsp3) is 0.250. The van der Waals surface area contributed by atoms with Gasteiger partial charge < -0.3 is 9.47 Å². The summed E-state index contributed by atoms with van der Waals surface area (Å²) in [7, 11) is 0. The molecule has 0 aliphatic rings. The molecule has 0 saturated heterocycles. The Morgan fingerprint density at radius 3 is 2.52 bits per heavy atom. The number of rotatable bonds is 6. The van der Waals surface area contributed by atoms with E-state index < -0.39 is 12.1 Å². The second-order valence-corrected chi connectivity index (χ2v) is 5.69. The second kappa shape index (κ2) is 8.11. The van der Waals surface area contributed by atoms with Gasteiger partial charge in [0.15, 0.2) is 12.7 Å². The first kappa shape index (κ1) is 18.2. The highest BCUT2D eigenvalue weighted by Crippen LogP contribution is 2.17. The van der Waals surface area contributed by atoms with Crippen molar-refractivity contribution < 1.29 is 19.1 Å². The fourth-order valence-electron chi connectivity index (χ4n) is 2.24. The molecule has 2 aromatic rings. The summed E-state index contributed by atoms with van der Waals surface area (Å²) in [4.78, 5) is 24.3. The highest BCUT2D eigenvalue weighted by atomic mass is 16.6. The van der Waals surface area contributed by atoms with Crippen LogP contribution < -0.4 is 4.74 Å². The lowest BCUT2D eigenvalue weighted by Gasteiger charge is -2.14. The summed E-state index contributed by atoms with van der Waals surface area (Å²) >= 11 is 0. The highest BCUT2D eigenvalue weighted by molar-refractivity contribution is 6.00. The minimum Gasteiger partial charge on any atom is -0.481 e. The summed E-state index contributed by atoms with van der Waals surface area (Å²) in [5.74, 6) is -0.638. The van der Waals surface area contributed by atoms with Crippen molar-refractivity contribution in [1.29, 1.82) is 5.26 Å². The Bertz CT molecular complexity index is 836. The minimum absolute atomic E-state index is 0.270. The standard InChI is InChI=1S/C20H19NO4/c1-13-8-9-16(10-14(13)2)20(23)15(3)25-19(22)12-24-18-7-5-4-6-17(18)11-21/h4-10,15H,12H2,1-3H3/t15-/m1/s1. The Kier molecular flexibility index (Phi) is 5.91. The number of carbonyl (C=O) groups is 2. The van der Waals surface area contributed by atoms with E-state index in [1.54, 1.807) is 36.4 Å². The van der Waals surface area contributed by atoms with Crippen molar-refractivity contribution in [3.05, 3.63) is 64.7 Å². The molecule has 25 heavy (non-hydrogen) atoms. The number of esters is 1. The van der Waals surface area contributed by atoms with Crippen molar-refractivity contribution in [1.82, 2.24) is 0 Å². The molecule has 0 aliphatic heterocycles. The summed E-state index contributed by atoms with van der Waals surface area (Å²) in [6, 6.07) is 13.9. The molecule has 5 heteroatoms. The van der Waals surface area contributed by atoms with E-state index in [9.17, 15) is 9.59 Å². The van der Waals surface area contributed by atoms with Gasteiger partial charge in [-0.1, -0.05) is 24.3 Å². The van der Waals surface area contributed by atoms with Crippen LogP contribution in [-0.4, -0.2) is 24.5 Å². The summed E-state index contributed by atoms with van der Waals surface area (Å²) in [6.45, 7) is 5.04. The Morgan fingerprint density at radius 1 is 1.12 bits per heavy atom. The number of para-hydroxylation sites is 1. The van der Waals surface area contributed by atoms with Gasteiger partial charge in [0.25, 0.3) is 0 Å². The number of aryl methyl sites for hydroxylation is 2. The number of hydrogen-bond donors (Lipinski definition) is 0. The predicted octanol–water partition coefficient (Wildman–Crippen LogP) is 3.37. The molecular weight excluding hydrogens is 318 g/mol. The molecule has 0 unspecified atom stereocenters. The van der Waals surface area contributed by atoms with Gasteiger partial charge in [-0.25, -0.2) is 4.79 Å². The number of ether oxygens (including phenoxy) is 2. The third kappa shape index (κ3) is 4.67. The molecule has 1 atom stereocenters. The number of nitrogens with zero attached hydrogens (tertiary/aromatic N) is 1. The quantitative estimate of drug-likeness (QED) is 0.597. The maximum atomic E-state index is 12.4. The molecule has 0 heterocycles.